The van der Waals surface area contributed by atoms with Crippen LogP contribution in [0.1, 0.15) is 31.8 Å². The van der Waals surface area contributed by atoms with Crippen molar-refractivity contribution < 1.29 is 14.3 Å². The summed E-state index contributed by atoms with van der Waals surface area (Å²) in [7, 11) is 1.54. The number of hydrogen-bond donors (Lipinski definition) is 1. The number of nitrogens with zero attached hydrogens (tertiary/aromatic N) is 1. The molecule has 0 fully saturated rings. The number of aldehydes is 2. The number of rotatable bonds is 3. The first-order chi connectivity index (χ1) is 10.0. The maximum atomic E-state index is 10.6. The number of methoxy groups -OCH3 is 1. The normalized spacial score (nSPS) is 9.29. The highest BCUT2D eigenvalue weighted by Gasteiger charge is 1.98. The topological polar surface area (TPSA) is 89.1 Å². The van der Waals surface area contributed by atoms with Crippen molar-refractivity contribution in [3.63, 3.8) is 0 Å². The lowest BCUT2D eigenvalue weighted by Gasteiger charge is -2.00. The first-order valence-corrected chi connectivity index (χ1v) is 6.12. The molecule has 0 spiro atoms. The monoisotopic (exact) mass is 288 g/mol. The van der Waals surface area contributed by atoms with Crippen LogP contribution < -0.4 is 10.3 Å². The minimum absolute atomic E-state index is 0.178. The molecule has 2 heterocycles. The molecule has 0 aliphatic carbocycles. The van der Waals surface area contributed by atoms with Crippen LogP contribution in [0.5, 0.6) is 5.88 Å². The van der Waals surface area contributed by atoms with E-state index >= 15 is 0 Å². The lowest BCUT2D eigenvalue weighted by molar-refractivity contribution is 0.111. The predicted molar refractivity (Wildman–Crippen MR) is 78.1 cm³/mol. The predicted octanol–water partition coefficient (Wildman–Crippen LogP) is 1.71. The molecule has 0 atom stereocenters. The van der Waals surface area contributed by atoms with Crippen molar-refractivity contribution in [3.05, 3.63) is 57.1 Å². The highest BCUT2D eigenvalue weighted by Crippen LogP contribution is 2.10. The second-order valence-electron chi connectivity index (χ2n) is 4.25. The number of ether oxygens (including phenoxy) is 1. The lowest BCUT2D eigenvalue weighted by Crippen LogP contribution is -2.05. The molecule has 0 aromatic carbocycles. The number of aromatic amines is 1. The highest BCUT2D eigenvalue weighted by atomic mass is 16.5. The average molecular weight is 288 g/mol. The van der Waals surface area contributed by atoms with Crippen LogP contribution in [-0.2, 0) is 0 Å². The van der Waals surface area contributed by atoms with E-state index in [9.17, 15) is 14.4 Å². The van der Waals surface area contributed by atoms with Crippen molar-refractivity contribution in [2.75, 3.05) is 7.11 Å². The Morgan fingerprint density at radius 2 is 1.71 bits per heavy atom. The summed E-state index contributed by atoms with van der Waals surface area (Å²) in [6.07, 6.45) is 4.40. The Labute approximate surface area is 121 Å². The van der Waals surface area contributed by atoms with Gasteiger partial charge in [-0.15, -0.1) is 0 Å². The van der Waals surface area contributed by atoms with Gasteiger partial charge in [-0.1, -0.05) is 0 Å². The third-order valence-electron chi connectivity index (χ3n) is 2.76. The van der Waals surface area contributed by atoms with Gasteiger partial charge in [0.15, 0.2) is 12.6 Å². The summed E-state index contributed by atoms with van der Waals surface area (Å²) in [5.41, 5.74) is 2.54. The van der Waals surface area contributed by atoms with Crippen molar-refractivity contribution in [2.45, 2.75) is 13.8 Å². The number of aromatic nitrogens is 2. The Kier molecular flexibility index (Phi) is 6.00. The Hall–Kier alpha value is -2.76. The number of hydrogen-bond acceptors (Lipinski definition) is 5. The van der Waals surface area contributed by atoms with Gasteiger partial charge in [0.2, 0.25) is 11.4 Å². The van der Waals surface area contributed by atoms with Crippen LogP contribution in [0.25, 0.3) is 0 Å². The van der Waals surface area contributed by atoms with Crippen LogP contribution in [-0.4, -0.2) is 29.7 Å². The molecular formula is C15H16N2O4. The van der Waals surface area contributed by atoms with Crippen molar-refractivity contribution >= 4 is 12.6 Å². The Bertz CT molecular complexity index is 692. The van der Waals surface area contributed by atoms with Gasteiger partial charge in [0.25, 0.3) is 0 Å². The van der Waals surface area contributed by atoms with E-state index in [1.807, 2.05) is 6.92 Å². The Balaban J connectivity index is 0.000000211. The van der Waals surface area contributed by atoms with Crippen LogP contribution in [0.4, 0.5) is 0 Å². The Morgan fingerprint density at radius 3 is 2.19 bits per heavy atom. The smallest absolute Gasteiger partial charge is 0.248 e. The Morgan fingerprint density at radius 1 is 1.10 bits per heavy atom. The summed E-state index contributed by atoms with van der Waals surface area (Å²) < 4.78 is 4.87. The largest absolute Gasteiger partial charge is 0.481 e. The molecule has 6 nitrogen and oxygen atoms in total. The fourth-order valence-electron chi connectivity index (χ4n) is 1.49. The number of nitrogens with one attached hydrogen (secondary N) is 1. The van der Waals surface area contributed by atoms with E-state index in [0.29, 0.717) is 28.9 Å². The first-order valence-electron chi connectivity index (χ1n) is 6.12. The van der Waals surface area contributed by atoms with Gasteiger partial charge in [-0.3, -0.25) is 14.4 Å². The third-order valence-corrected chi connectivity index (χ3v) is 2.76. The summed E-state index contributed by atoms with van der Waals surface area (Å²) in [4.78, 5) is 37.4. The summed E-state index contributed by atoms with van der Waals surface area (Å²) >= 11 is 0. The SMILES string of the molecule is COc1cc(C)c(C=O)cn1.Cc1cc(=O)[nH]cc1C=O. The molecule has 0 saturated carbocycles. The summed E-state index contributed by atoms with van der Waals surface area (Å²) in [6.45, 7) is 3.56. The van der Waals surface area contributed by atoms with Crippen molar-refractivity contribution in [3.8, 4) is 5.88 Å². The number of carbonyl (C=O) groups is 2. The van der Waals surface area contributed by atoms with E-state index in [0.717, 1.165) is 11.8 Å². The van der Waals surface area contributed by atoms with Crippen molar-refractivity contribution in [2.24, 2.45) is 0 Å². The molecule has 0 saturated heterocycles. The molecule has 110 valence electrons. The van der Waals surface area contributed by atoms with Crippen LogP contribution in [0.2, 0.25) is 0 Å². The standard InChI is InChI=1S/C8H9NO2.C7H7NO2/c1-6-3-8(11-2)9-4-7(6)5-10;1-5-2-7(10)8-3-6(5)4-9/h3-5H,1-2H3;2-4H,1H3,(H,8,10). The molecule has 0 amide bonds. The van der Waals surface area contributed by atoms with Gasteiger partial charge < -0.3 is 9.72 Å². The molecule has 1 N–H and O–H groups in total. The van der Waals surface area contributed by atoms with Crippen LogP contribution in [0.15, 0.2) is 29.3 Å². The second-order valence-corrected chi connectivity index (χ2v) is 4.25. The van der Waals surface area contributed by atoms with Gasteiger partial charge in [-0.05, 0) is 25.0 Å². The average Bonchev–Trinajstić information content (AvgIpc) is 2.48. The van der Waals surface area contributed by atoms with Crippen molar-refractivity contribution in [1.82, 2.24) is 9.97 Å². The van der Waals surface area contributed by atoms with Gasteiger partial charge in [0.1, 0.15) is 0 Å². The fourth-order valence-corrected chi connectivity index (χ4v) is 1.49. The van der Waals surface area contributed by atoms with Gasteiger partial charge in [0.05, 0.1) is 7.11 Å². The molecular weight excluding hydrogens is 272 g/mol. The minimum Gasteiger partial charge on any atom is -0.481 e. The van der Waals surface area contributed by atoms with Gasteiger partial charge in [-0.25, -0.2) is 4.98 Å². The number of carbonyl (C=O) groups excluding carboxylic acids is 2. The van der Waals surface area contributed by atoms with Gasteiger partial charge in [0, 0.05) is 35.7 Å². The summed E-state index contributed by atoms with van der Waals surface area (Å²) in [5.74, 6) is 0.535. The minimum atomic E-state index is -0.178. The maximum Gasteiger partial charge on any atom is 0.248 e. The molecule has 6 heteroatoms. The molecule has 2 aromatic heterocycles. The summed E-state index contributed by atoms with van der Waals surface area (Å²) in [5, 5.41) is 0. The van der Waals surface area contributed by atoms with E-state index in [1.165, 1.54) is 18.5 Å². The van der Waals surface area contributed by atoms with E-state index in [1.54, 1.807) is 20.1 Å². The third kappa shape index (κ3) is 4.68. The zero-order chi connectivity index (χ0) is 15.8. The number of H-pyrrole nitrogens is 1. The molecule has 0 unspecified atom stereocenters. The lowest BCUT2D eigenvalue weighted by atomic mass is 10.2. The first kappa shape index (κ1) is 16.3. The number of pyridine rings is 2. The summed E-state index contributed by atoms with van der Waals surface area (Å²) in [6, 6.07) is 3.12. The van der Waals surface area contributed by atoms with Crippen molar-refractivity contribution in [1.29, 1.82) is 0 Å². The molecule has 0 aliphatic rings. The van der Waals surface area contributed by atoms with E-state index < -0.39 is 0 Å². The molecule has 0 bridgehead atoms. The molecule has 21 heavy (non-hydrogen) atoms. The molecule has 2 aromatic rings. The van der Waals surface area contributed by atoms with Crippen LogP contribution in [0.3, 0.4) is 0 Å². The molecule has 0 radical (unpaired) electrons. The fraction of sp³-hybridized carbons (Fsp3) is 0.200. The second kappa shape index (κ2) is 7.74. The highest BCUT2D eigenvalue weighted by molar-refractivity contribution is 5.76. The zero-order valence-corrected chi connectivity index (χ0v) is 12.0. The van der Waals surface area contributed by atoms with E-state index in [-0.39, 0.29) is 5.56 Å². The quantitative estimate of drug-likeness (QED) is 0.868. The van der Waals surface area contributed by atoms with E-state index in [2.05, 4.69) is 9.97 Å². The van der Waals surface area contributed by atoms with Gasteiger partial charge in [-0.2, -0.15) is 0 Å². The van der Waals surface area contributed by atoms with Gasteiger partial charge >= 0.3 is 0 Å². The van der Waals surface area contributed by atoms with Crippen LogP contribution >= 0.6 is 0 Å². The van der Waals surface area contributed by atoms with E-state index in [4.69, 9.17) is 4.74 Å². The number of aryl methyl sites for hydroxylation is 2. The maximum absolute atomic E-state index is 10.6. The van der Waals surface area contributed by atoms with Crippen LogP contribution in [0, 0.1) is 13.8 Å². The molecule has 0 aliphatic heterocycles. The molecule has 2 rings (SSSR count). The zero-order valence-electron chi connectivity index (χ0n) is 12.0.